The summed E-state index contributed by atoms with van der Waals surface area (Å²) in [6, 6.07) is 7.15. The van der Waals surface area contributed by atoms with Crippen molar-refractivity contribution in [3.05, 3.63) is 48.0 Å². The van der Waals surface area contributed by atoms with E-state index in [4.69, 9.17) is 14.3 Å². The average Bonchev–Trinajstić information content (AvgIpc) is 3.26. The lowest BCUT2D eigenvalue weighted by Crippen LogP contribution is -2.31. The van der Waals surface area contributed by atoms with Gasteiger partial charge in [-0.15, -0.1) is 0 Å². The number of aromatic nitrogens is 1. The van der Waals surface area contributed by atoms with Gasteiger partial charge in [0.2, 0.25) is 5.89 Å². The van der Waals surface area contributed by atoms with E-state index in [1.807, 2.05) is 6.07 Å². The van der Waals surface area contributed by atoms with Crippen molar-refractivity contribution in [2.24, 2.45) is 0 Å². The topological polar surface area (TPSA) is 105 Å². The molecule has 0 saturated heterocycles. The number of esters is 1. The summed E-state index contributed by atoms with van der Waals surface area (Å²) in [5.41, 5.74) is 1.56. The van der Waals surface area contributed by atoms with E-state index in [0.717, 1.165) is 0 Å². The molecule has 0 fully saturated rings. The van der Waals surface area contributed by atoms with Crippen LogP contribution in [0.15, 0.2) is 52.4 Å². The number of anilines is 1. The number of β-amino-alcohol motifs (C(OH)–C–C–N with tert-alkyl or cyclic N) is 1. The predicted octanol–water partition coefficient (Wildman–Crippen LogP) is 1.02. The van der Waals surface area contributed by atoms with Crippen LogP contribution in [0.5, 0.6) is 0 Å². The molecule has 1 aromatic heterocycles. The number of carbonyl (C=O) groups is 2. The number of aliphatic hydroxyl groups is 1. The first-order valence-electron chi connectivity index (χ1n) is 7.63. The third-order valence-corrected chi connectivity index (χ3v) is 3.80. The van der Waals surface area contributed by atoms with E-state index < -0.39 is 5.97 Å². The van der Waals surface area contributed by atoms with Crippen LogP contribution in [0.1, 0.15) is 0 Å². The molecule has 3 rings (SSSR count). The van der Waals surface area contributed by atoms with Crippen LogP contribution in [0.4, 0.5) is 5.69 Å². The highest BCUT2D eigenvalue weighted by atomic mass is 16.5. The zero-order valence-corrected chi connectivity index (χ0v) is 13.6. The van der Waals surface area contributed by atoms with Crippen molar-refractivity contribution in [1.29, 1.82) is 0 Å². The molecule has 2 heterocycles. The Morgan fingerprint density at radius 3 is 2.92 bits per heavy atom. The largest absolute Gasteiger partial charge is 0.466 e. The first-order chi connectivity index (χ1) is 12.2. The molecule has 1 amide bonds. The van der Waals surface area contributed by atoms with Gasteiger partial charge in [-0.25, -0.2) is 9.78 Å². The van der Waals surface area contributed by atoms with Gasteiger partial charge >= 0.3 is 5.97 Å². The number of carbonyl (C=O) groups excluding carboxylic acids is 2. The molecule has 0 radical (unpaired) electrons. The first-order valence-corrected chi connectivity index (χ1v) is 7.63. The molecule has 8 nitrogen and oxygen atoms in total. The fourth-order valence-corrected chi connectivity index (χ4v) is 2.62. The second kappa shape index (κ2) is 7.18. The second-order valence-corrected chi connectivity index (χ2v) is 5.30. The standard InChI is InChI=1S/C17H17N3O5/c1-24-17(23)12-10-20(7-8-21)16(22)14(12)19-13-5-3-2-4-11(13)15-18-6-9-25-15/h2-6,9,19,21H,7-8,10H2,1H3. The smallest absolute Gasteiger partial charge is 0.337 e. The van der Waals surface area contributed by atoms with Crippen molar-refractivity contribution in [2.75, 3.05) is 32.1 Å². The number of aliphatic hydroxyl groups excluding tert-OH is 1. The van der Waals surface area contributed by atoms with Crippen LogP contribution >= 0.6 is 0 Å². The SMILES string of the molecule is COC(=O)C1=C(Nc2ccccc2-c2ncco2)C(=O)N(CCO)C1. The molecule has 2 aromatic rings. The summed E-state index contributed by atoms with van der Waals surface area (Å²) in [6.45, 7) is 0.0157. The number of benzene rings is 1. The summed E-state index contributed by atoms with van der Waals surface area (Å²) in [4.78, 5) is 30.1. The molecular weight excluding hydrogens is 326 g/mol. The maximum absolute atomic E-state index is 12.6. The van der Waals surface area contributed by atoms with Gasteiger partial charge in [-0.1, -0.05) is 12.1 Å². The molecule has 25 heavy (non-hydrogen) atoms. The number of amides is 1. The number of nitrogens with one attached hydrogen (secondary N) is 1. The van der Waals surface area contributed by atoms with Crippen LogP contribution < -0.4 is 5.32 Å². The number of rotatable bonds is 6. The fourth-order valence-electron chi connectivity index (χ4n) is 2.62. The molecule has 0 bridgehead atoms. The first kappa shape index (κ1) is 16.7. The van der Waals surface area contributed by atoms with Gasteiger partial charge < -0.3 is 24.5 Å². The fraction of sp³-hybridized carbons (Fsp3) is 0.235. The minimum atomic E-state index is -0.593. The van der Waals surface area contributed by atoms with E-state index in [1.54, 1.807) is 18.2 Å². The zero-order valence-electron chi connectivity index (χ0n) is 13.6. The molecule has 2 N–H and O–H groups in total. The summed E-state index contributed by atoms with van der Waals surface area (Å²) in [6.07, 6.45) is 2.98. The van der Waals surface area contributed by atoms with Gasteiger partial charge in [0, 0.05) is 6.54 Å². The minimum Gasteiger partial charge on any atom is -0.466 e. The highest BCUT2D eigenvalue weighted by molar-refractivity contribution is 6.09. The van der Waals surface area contributed by atoms with Gasteiger partial charge in [0.1, 0.15) is 12.0 Å². The van der Waals surface area contributed by atoms with Crippen LogP contribution in [0.25, 0.3) is 11.5 Å². The van der Waals surface area contributed by atoms with E-state index in [0.29, 0.717) is 17.1 Å². The van der Waals surface area contributed by atoms with Crippen LogP contribution in [0.2, 0.25) is 0 Å². The lowest BCUT2D eigenvalue weighted by Gasteiger charge is -2.15. The molecule has 0 unspecified atom stereocenters. The molecule has 8 heteroatoms. The summed E-state index contributed by atoms with van der Waals surface area (Å²) >= 11 is 0. The Morgan fingerprint density at radius 2 is 2.24 bits per heavy atom. The van der Waals surface area contributed by atoms with E-state index in [-0.39, 0.29) is 36.9 Å². The van der Waals surface area contributed by atoms with Crippen LogP contribution in [-0.4, -0.2) is 53.7 Å². The Kier molecular flexibility index (Phi) is 4.80. The number of ether oxygens (including phenoxy) is 1. The molecular formula is C17H17N3O5. The van der Waals surface area contributed by atoms with Gasteiger partial charge in [-0.05, 0) is 12.1 Å². The number of nitrogens with zero attached hydrogens (tertiary/aromatic N) is 2. The number of hydrogen-bond donors (Lipinski definition) is 2. The predicted molar refractivity (Wildman–Crippen MR) is 88.3 cm³/mol. The highest BCUT2D eigenvalue weighted by Crippen LogP contribution is 2.30. The Bertz CT molecular complexity index is 813. The van der Waals surface area contributed by atoms with Crippen molar-refractivity contribution in [3.8, 4) is 11.5 Å². The number of hydrogen-bond acceptors (Lipinski definition) is 7. The van der Waals surface area contributed by atoms with Crippen molar-refractivity contribution < 1.29 is 23.8 Å². The van der Waals surface area contributed by atoms with Gasteiger partial charge in [-0.2, -0.15) is 0 Å². The molecule has 0 aliphatic carbocycles. The van der Waals surface area contributed by atoms with Gasteiger partial charge in [0.25, 0.3) is 5.91 Å². The van der Waals surface area contributed by atoms with E-state index in [2.05, 4.69) is 10.3 Å². The highest BCUT2D eigenvalue weighted by Gasteiger charge is 2.34. The maximum Gasteiger partial charge on any atom is 0.337 e. The second-order valence-electron chi connectivity index (χ2n) is 5.30. The van der Waals surface area contributed by atoms with Crippen molar-refractivity contribution in [1.82, 2.24) is 9.88 Å². The normalized spacial score (nSPS) is 14.2. The Hall–Kier alpha value is -3.13. The monoisotopic (exact) mass is 343 g/mol. The zero-order chi connectivity index (χ0) is 17.8. The lowest BCUT2D eigenvalue weighted by molar-refractivity contribution is -0.136. The third-order valence-electron chi connectivity index (χ3n) is 3.80. The molecule has 1 aliphatic heterocycles. The molecule has 0 spiro atoms. The molecule has 1 aliphatic rings. The Balaban J connectivity index is 1.97. The van der Waals surface area contributed by atoms with Crippen LogP contribution in [-0.2, 0) is 14.3 Å². The summed E-state index contributed by atoms with van der Waals surface area (Å²) in [7, 11) is 1.26. The molecule has 0 saturated carbocycles. The van der Waals surface area contributed by atoms with Crippen molar-refractivity contribution in [2.45, 2.75) is 0 Å². The summed E-state index contributed by atoms with van der Waals surface area (Å²) in [5.74, 6) is -0.581. The number of oxazole rings is 1. The average molecular weight is 343 g/mol. The van der Waals surface area contributed by atoms with Crippen LogP contribution in [0.3, 0.4) is 0 Å². The number of methoxy groups -OCH3 is 1. The third kappa shape index (κ3) is 3.24. The van der Waals surface area contributed by atoms with Crippen molar-refractivity contribution >= 4 is 17.6 Å². The quantitative estimate of drug-likeness (QED) is 0.754. The summed E-state index contributed by atoms with van der Waals surface area (Å²) in [5, 5.41) is 12.1. The Morgan fingerprint density at radius 1 is 1.44 bits per heavy atom. The van der Waals surface area contributed by atoms with Crippen LogP contribution in [0, 0.1) is 0 Å². The van der Waals surface area contributed by atoms with Gasteiger partial charge in [0.15, 0.2) is 0 Å². The van der Waals surface area contributed by atoms with Crippen molar-refractivity contribution in [3.63, 3.8) is 0 Å². The minimum absolute atomic E-state index is 0.0789. The van der Waals surface area contributed by atoms with Gasteiger partial charge in [-0.3, -0.25) is 4.79 Å². The van der Waals surface area contributed by atoms with E-state index in [9.17, 15) is 9.59 Å². The Labute approximate surface area is 143 Å². The summed E-state index contributed by atoms with van der Waals surface area (Å²) < 4.78 is 10.1. The maximum atomic E-state index is 12.6. The molecule has 1 aromatic carbocycles. The van der Waals surface area contributed by atoms with Gasteiger partial charge in [0.05, 0.1) is 43.3 Å². The molecule has 0 atom stereocenters. The molecule has 130 valence electrons. The van der Waals surface area contributed by atoms with E-state index >= 15 is 0 Å². The lowest BCUT2D eigenvalue weighted by atomic mass is 10.1. The number of para-hydroxylation sites is 1. The van der Waals surface area contributed by atoms with E-state index in [1.165, 1.54) is 24.5 Å².